The van der Waals surface area contributed by atoms with Crippen LogP contribution in [0.3, 0.4) is 0 Å². The van der Waals surface area contributed by atoms with Crippen LogP contribution in [0.1, 0.15) is 16.7 Å². The summed E-state index contributed by atoms with van der Waals surface area (Å²) in [6, 6.07) is 6.20. The molecule has 140 valence electrons. The van der Waals surface area contributed by atoms with E-state index in [1.165, 1.54) is 16.7 Å². The van der Waals surface area contributed by atoms with Crippen LogP contribution >= 0.6 is 33.6 Å². The summed E-state index contributed by atoms with van der Waals surface area (Å²) in [6.07, 6.45) is 14.1. The molecule has 3 aromatic rings. The van der Waals surface area contributed by atoms with E-state index in [1.54, 1.807) is 18.8 Å². The van der Waals surface area contributed by atoms with Gasteiger partial charge in [-0.25, -0.2) is 0 Å². The number of hydrogen-bond acceptors (Lipinski definition) is 6. The Labute approximate surface area is 167 Å². The Morgan fingerprint density at radius 3 is 1.27 bits per heavy atom. The van der Waals surface area contributed by atoms with Crippen molar-refractivity contribution in [3.63, 3.8) is 0 Å². The summed E-state index contributed by atoms with van der Waals surface area (Å²) >= 11 is 6.52. The van der Waals surface area contributed by atoms with E-state index in [1.807, 2.05) is 18.8 Å². The first-order valence-corrected chi connectivity index (χ1v) is 16.3. The second kappa shape index (κ2) is 10.4. The minimum Gasteiger partial charge on any atom is -0.472 e. The molecule has 0 spiro atoms. The molecule has 7 heteroatoms. The van der Waals surface area contributed by atoms with E-state index >= 15 is 0 Å². The Morgan fingerprint density at radius 2 is 1.00 bits per heavy atom. The van der Waals surface area contributed by atoms with Crippen LogP contribution in [0.15, 0.2) is 69.0 Å². The van der Waals surface area contributed by atoms with Crippen LogP contribution in [0.25, 0.3) is 0 Å². The van der Waals surface area contributed by atoms with Gasteiger partial charge in [-0.1, -0.05) is 0 Å². The highest BCUT2D eigenvalue weighted by Crippen LogP contribution is 2.42. The molecular weight excluding hydrogens is 400 g/mol. The summed E-state index contributed by atoms with van der Waals surface area (Å²) in [4.78, 5) is 0. The quantitative estimate of drug-likeness (QED) is 0.319. The highest BCUT2D eigenvalue weighted by atomic mass is 32.8. The Morgan fingerprint density at radius 1 is 0.654 bits per heavy atom. The Bertz CT molecular complexity index is 613. The first-order valence-electron chi connectivity index (χ1n) is 8.69. The molecule has 0 fully saturated rings. The predicted molar refractivity (Wildman–Crippen MR) is 116 cm³/mol. The van der Waals surface area contributed by atoms with E-state index in [9.17, 15) is 0 Å². The lowest BCUT2D eigenvalue weighted by Crippen LogP contribution is -2.21. The van der Waals surface area contributed by atoms with Crippen LogP contribution in [0.5, 0.6) is 0 Å². The molecule has 0 atom stereocenters. The number of rotatable bonds is 12. The predicted octanol–water partition coefficient (Wildman–Crippen LogP) is 6.26. The highest BCUT2D eigenvalue weighted by Gasteiger charge is 2.29. The summed E-state index contributed by atoms with van der Waals surface area (Å²) in [5, 5.41) is 0. The molecule has 0 saturated carbocycles. The minimum atomic E-state index is -1.49. The maximum atomic E-state index is 5.18. The summed E-state index contributed by atoms with van der Waals surface area (Å²) in [7, 11) is 0. The third-order valence-corrected chi connectivity index (χ3v) is 19.7. The van der Waals surface area contributed by atoms with Crippen LogP contribution in [0.4, 0.5) is 0 Å². The van der Waals surface area contributed by atoms with E-state index < -0.39 is 5.52 Å². The standard InChI is InChI=1S/C19H24O3S3Si/c1-26(23-11-5-17-2-8-20-14-17,24-12-6-18-3-9-21-15-18)25-13-7-19-4-10-22-16-19/h2-4,8-10,14-16H,5-7,11-13H2,1H3. The largest absolute Gasteiger partial charge is 0.472 e. The fourth-order valence-corrected chi connectivity index (χ4v) is 16.6. The molecule has 0 aliphatic rings. The molecule has 0 unspecified atom stereocenters. The van der Waals surface area contributed by atoms with E-state index in [0.717, 1.165) is 36.5 Å². The van der Waals surface area contributed by atoms with Crippen molar-refractivity contribution in [3.8, 4) is 0 Å². The average molecular weight is 425 g/mol. The first kappa shape index (κ1) is 19.9. The summed E-state index contributed by atoms with van der Waals surface area (Å²) in [5.41, 5.74) is 2.39. The Kier molecular flexibility index (Phi) is 7.98. The zero-order chi connectivity index (χ0) is 18.1. The zero-order valence-electron chi connectivity index (χ0n) is 14.9. The van der Waals surface area contributed by atoms with Gasteiger partial charge in [0, 0.05) is 0 Å². The average Bonchev–Trinajstić information content (AvgIpc) is 3.39. The number of hydrogen-bond donors (Lipinski definition) is 0. The van der Waals surface area contributed by atoms with Gasteiger partial charge in [0.2, 0.25) is 5.52 Å². The maximum absolute atomic E-state index is 5.18. The molecule has 3 rings (SSSR count). The summed E-state index contributed by atoms with van der Waals surface area (Å²) in [6.45, 7) is 2.49. The Hall–Kier alpha value is -0.893. The second-order valence-corrected chi connectivity index (χ2v) is 22.1. The molecule has 26 heavy (non-hydrogen) atoms. The molecule has 3 nitrogen and oxygen atoms in total. The molecule has 0 amide bonds. The SMILES string of the molecule is C[Si](SCCc1ccoc1)(SCCc1ccoc1)SCCc1ccoc1. The first-order chi connectivity index (χ1) is 12.7. The van der Waals surface area contributed by atoms with E-state index in [4.69, 9.17) is 13.3 Å². The van der Waals surface area contributed by atoms with Crippen molar-refractivity contribution >= 4 is 39.2 Å². The van der Waals surface area contributed by atoms with Crippen molar-refractivity contribution < 1.29 is 13.3 Å². The lowest BCUT2D eigenvalue weighted by molar-refractivity contribution is 0.564. The topological polar surface area (TPSA) is 39.4 Å². The molecule has 0 bridgehead atoms. The van der Waals surface area contributed by atoms with Gasteiger partial charge in [0.1, 0.15) is 0 Å². The second-order valence-electron chi connectivity index (χ2n) is 6.05. The van der Waals surface area contributed by atoms with Gasteiger partial charge < -0.3 is 13.3 Å². The van der Waals surface area contributed by atoms with Gasteiger partial charge in [-0.15, -0.1) is 0 Å². The number of aryl methyl sites for hydroxylation is 3. The third-order valence-electron chi connectivity index (χ3n) is 4.01. The molecule has 0 saturated heterocycles. The molecular formula is C19H24O3S3Si. The molecule has 3 heterocycles. The van der Waals surface area contributed by atoms with E-state index in [-0.39, 0.29) is 0 Å². The lowest BCUT2D eigenvalue weighted by Gasteiger charge is -2.25. The van der Waals surface area contributed by atoms with Gasteiger partial charge in [-0.2, -0.15) is 33.6 Å². The third kappa shape index (κ3) is 6.68. The van der Waals surface area contributed by atoms with Crippen LogP contribution < -0.4 is 0 Å². The van der Waals surface area contributed by atoms with Gasteiger partial charge in [0.05, 0.1) is 37.6 Å². The fourth-order valence-electron chi connectivity index (χ4n) is 2.49. The summed E-state index contributed by atoms with van der Waals surface area (Å²) in [5.74, 6) is 3.46. The van der Waals surface area contributed by atoms with Crippen molar-refractivity contribution in [2.45, 2.75) is 25.8 Å². The highest BCUT2D eigenvalue weighted by molar-refractivity contribution is 8.80. The molecule has 0 aliphatic carbocycles. The molecule has 0 radical (unpaired) electrons. The zero-order valence-corrected chi connectivity index (χ0v) is 18.3. The van der Waals surface area contributed by atoms with Gasteiger partial charge in [0.15, 0.2) is 0 Å². The fraction of sp³-hybridized carbons (Fsp3) is 0.368. The summed E-state index contributed by atoms with van der Waals surface area (Å²) < 4.78 is 15.6. The monoisotopic (exact) mass is 424 g/mol. The van der Waals surface area contributed by atoms with Crippen molar-refractivity contribution in [2.24, 2.45) is 0 Å². The van der Waals surface area contributed by atoms with Crippen LogP contribution in [0.2, 0.25) is 6.55 Å². The smallest absolute Gasteiger partial charge is 0.234 e. The van der Waals surface area contributed by atoms with Crippen molar-refractivity contribution in [3.05, 3.63) is 72.5 Å². The van der Waals surface area contributed by atoms with Gasteiger partial charge in [0.25, 0.3) is 0 Å². The minimum absolute atomic E-state index is 1.08. The lowest BCUT2D eigenvalue weighted by atomic mass is 10.3. The normalized spacial score (nSPS) is 11.9. The van der Waals surface area contributed by atoms with E-state index in [0.29, 0.717) is 0 Å². The van der Waals surface area contributed by atoms with Crippen LogP contribution in [0, 0.1) is 0 Å². The van der Waals surface area contributed by atoms with Gasteiger partial charge in [-0.05, 0) is 78.0 Å². The van der Waals surface area contributed by atoms with Crippen molar-refractivity contribution in [2.75, 3.05) is 17.3 Å². The molecule has 3 aromatic heterocycles. The van der Waals surface area contributed by atoms with Crippen LogP contribution in [-0.2, 0) is 19.3 Å². The molecule has 0 aromatic carbocycles. The number of furan rings is 3. The maximum Gasteiger partial charge on any atom is 0.234 e. The molecule has 0 aliphatic heterocycles. The molecule has 0 N–H and O–H groups in total. The Balaban J connectivity index is 1.47. The van der Waals surface area contributed by atoms with Gasteiger partial charge >= 0.3 is 0 Å². The van der Waals surface area contributed by atoms with Gasteiger partial charge in [-0.3, -0.25) is 0 Å². The van der Waals surface area contributed by atoms with Crippen molar-refractivity contribution in [1.82, 2.24) is 0 Å². The van der Waals surface area contributed by atoms with Crippen molar-refractivity contribution in [1.29, 1.82) is 0 Å². The van der Waals surface area contributed by atoms with Crippen LogP contribution in [-0.4, -0.2) is 22.8 Å². The van der Waals surface area contributed by atoms with E-state index in [2.05, 4.69) is 58.4 Å².